The Kier molecular flexibility index (Phi) is 1.36. The van der Waals surface area contributed by atoms with E-state index in [4.69, 9.17) is 4.74 Å². The number of hydrogen-bond acceptors (Lipinski definition) is 2. The van der Waals surface area contributed by atoms with Crippen LogP contribution in [-0.2, 0) is 9.53 Å². The van der Waals surface area contributed by atoms with Crippen LogP contribution in [-0.4, -0.2) is 11.6 Å². The van der Waals surface area contributed by atoms with E-state index in [0.29, 0.717) is 0 Å². The Morgan fingerprint density at radius 1 is 1.14 bits per heavy atom. The van der Waals surface area contributed by atoms with E-state index >= 15 is 0 Å². The second-order valence-corrected chi connectivity index (χ2v) is 5.91. The van der Waals surface area contributed by atoms with Crippen LogP contribution < -0.4 is 0 Å². The molecule has 2 spiro atoms. The highest BCUT2D eigenvalue weighted by molar-refractivity contribution is 5.90. The standard InChI is InChI=1S/C12H18O2/c1-10(2)8-12(10)9(13)14-11(12)6-4-3-5-7-11/h3-8H2,1-2H3. The highest BCUT2D eigenvalue weighted by Crippen LogP contribution is 2.77. The zero-order valence-corrected chi connectivity index (χ0v) is 9.06. The SMILES string of the molecule is CC1(C)CC12C(=O)OC21CCCCC1. The smallest absolute Gasteiger partial charge is 0.317 e. The maximum Gasteiger partial charge on any atom is 0.317 e. The van der Waals surface area contributed by atoms with Crippen molar-refractivity contribution in [1.29, 1.82) is 0 Å². The van der Waals surface area contributed by atoms with Crippen LogP contribution in [0, 0.1) is 10.8 Å². The van der Waals surface area contributed by atoms with E-state index in [1.165, 1.54) is 19.3 Å². The minimum atomic E-state index is -0.0690. The molecule has 14 heavy (non-hydrogen) atoms. The molecule has 0 aromatic rings. The molecule has 2 heteroatoms. The number of esters is 1. The van der Waals surface area contributed by atoms with Gasteiger partial charge >= 0.3 is 5.97 Å². The van der Waals surface area contributed by atoms with E-state index in [2.05, 4.69) is 13.8 Å². The molecule has 2 nitrogen and oxygen atoms in total. The summed E-state index contributed by atoms with van der Waals surface area (Å²) in [4.78, 5) is 11.7. The first-order valence-electron chi connectivity index (χ1n) is 5.78. The van der Waals surface area contributed by atoms with Crippen LogP contribution in [0.5, 0.6) is 0 Å². The third-order valence-electron chi connectivity index (χ3n) is 4.81. The van der Waals surface area contributed by atoms with Gasteiger partial charge in [0.1, 0.15) is 11.0 Å². The van der Waals surface area contributed by atoms with Gasteiger partial charge in [-0.25, -0.2) is 0 Å². The van der Waals surface area contributed by atoms with E-state index < -0.39 is 0 Å². The zero-order valence-electron chi connectivity index (χ0n) is 9.06. The molecule has 0 amide bonds. The average molecular weight is 194 g/mol. The minimum absolute atomic E-state index is 0.0359. The van der Waals surface area contributed by atoms with Crippen molar-refractivity contribution >= 4 is 5.97 Å². The molecule has 2 aliphatic carbocycles. The molecule has 0 aromatic carbocycles. The summed E-state index contributed by atoms with van der Waals surface area (Å²) >= 11 is 0. The quantitative estimate of drug-likeness (QED) is 0.554. The van der Waals surface area contributed by atoms with E-state index in [0.717, 1.165) is 19.3 Å². The number of fused-ring (bicyclic) bond motifs is 1. The molecule has 3 rings (SSSR count). The lowest BCUT2D eigenvalue weighted by molar-refractivity contribution is -0.234. The van der Waals surface area contributed by atoms with Gasteiger partial charge in [0.15, 0.2) is 0 Å². The average Bonchev–Trinajstić information content (AvgIpc) is 2.76. The minimum Gasteiger partial charge on any atom is -0.457 e. The van der Waals surface area contributed by atoms with Crippen molar-refractivity contribution in [1.82, 2.24) is 0 Å². The predicted molar refractivity (Wildman–Crippen MR) is 52.7 cm³/mol. The largest absolute Gasteiger partial charge is 0.457 e. The highest BCUT2D eigenvalue weighted by atomic mass is 16.6. The molecule has 3 aliphatic rings. The summed E-state index contributed by atoms with van der Waals surface area (Å²) in [5, 5.41) is 0. The molecule has 1 atom stereocenters. The van der Waals surface area contributed by atoms with Crippen LogP contribution in [0.2, 0.25) is 0 Å². The lowest BCUT2D eigenvalue weighted by atomic mass is 9.66. The Balaban J connectivity index is 1.93. The topological polar surface area (TPSA) is 26.3 Å². The number of rotatable bonds is 0. The van der Waals surface area contributed by atoms with Gasteiger partial charge in [-0.1, -0.05) is 20.3 Å². The van der Waals surface area contributed by atoms with E-state index in [1.807, 2.05) is 0 Å². The van der Waals surface area contributed by atoms with Crippen LogP contribution in [0.15, 0.2) is 0 Å². The molecule has 0 bridgehead atoms. The van der Waals surface area contributed by atoms with Gasteiger partial charge in [-0.15, -0.1) is 0 Å². The van der Waals surface area contributed by atoms with Crippen molar-refractivity contribution in [3.05, 3.63) is 0 Å². The summed E-state index contributed by atoms with van der Waals surface area (Å²) < 4.78 is 5.54. The maximum atomic E-state index is 11.7. The van der Waals surface area contributed by atoms with Crippen LogP contribution in [0.1, 0.15) is 52.4 Å². The van der Waals surface area contributed by atoms with Gasteiger partial charge < -0.3 is 4.74 Å². The first kappa shape index (κ1) is 8.75. The first-order chi connectivity index (χ1) is 6.54. The van der Waals surface area contributed by atoms with Gasteiger partial charge in [0.05, 0.1) is 0 Å². The second-order valence-electron chi connectivity index (χ2n) is 5.91. The van der Waals surface area contributed by atoms with Gasteiger partial charge in [-0.05, 0) is 37.5 Å². The van der Waals surface area contributed by atoms with Gasteiger partial charge in [0.25, 0.3) is 0 Å². The Morgan fingerprint density at radius 3 is 2.14 bits per heavy atom. The van der Waals surface area contributed by atoms with Crippen molar-refractivity contribution in [3.8, 4) is 0 Å². The van der Waals surface area contributed by atoms with Gasteiger partial charge in [0, 0.05) is 0 Å². The summed E-state index contributed by atoms with van der Waals surface area (Å²) in [5.74, 6) is 0.0874. The summed E-state index contributed by atoms with van der Waals surface area (Å²) in [6, 6.07) is 0. The Morgan fingerprint density at radius 2 is 1.71 bits per heavy atom. The maximum absolute atomic E-state index is 11.7. The zero-order chi connectivity index (χ0) is 10.0. The first-order valence-corrected chi connectivity index (χ1v) is 5.78. The Labute approximate surface area is 85.0 Å². The second kappa shape index (κ2) is 2.17. The van der Waals surface area contributed by atoms with Crippen molar-refractivity contribution in [2.45, 2.75) is 58.0 Å². The molecule has 0 N–H and O–H groups in total. The molecule has 78 valence electrons. The third-order valence-corrected chi connectivity index (χ3v) is 4.81. The van der Waals surface area contributed by atoms with E-state index in [-0.39, 0.29) is 22.4 Å². The van der Waals surface area contributed by atoms with Crippen LogP contribution in [0.3, 0.4) is 0 Å². The summed E-state index contributed by atoms with van der Waals surface area (Å²) in [6.45, 7) is 4.42. The number of carbonyl (C=O) groups excluding carboxylic acids is 1. The predicted octanol–water partition coefficient (Wildman–Crippen LogP) is 2.66. The number of carbonyl (C=O) groups is 1. The molecule has 2 saturated carbocycles. The third kappa shape index (κ3) is 0.697. The number of hydrogen-bond donors (Lipinski definition) is 0. The molecular formula is C12H18O2. The van der Waals surface area contributed by atoms with Gasteiger partial charge in [0.2, 0.25) is 0 Å². The molecule has 1 aliphatic heterocycles. The van der Waals surface area contributed by atoms with E-state index in [1.54, 1.807) is 0 Å². The molecule has 0 radical (unpaired) electrons. The molecule has 1 saturated heterocycles. The molecular weight excluding hydrogens is 176 g/mol. The van der Waals surface area contributed by atoms with Crippen molar-refractivity contribution < 1.29 is 9.53 Å². The summed E-state index contributed by atoms with van der Waals surface area (Å²) in [6.07, 6.45) is 7.08. The molecule has 1 heterocycles. The van der Waals surface area contributed by atoms with Gasteiger partial charge in [-0.2, -0.15) is 0 Å². The fraction of sp³-hybridized carbons (Fsp3) is 0.917. The summed E-state index contributed by atoms with van der Waals surface area (Å²) in [5.41, 5.74) is 0.103. The fourth-order valence-corrected chi connectivity index (χ4v) is 3.89. The lowest BCUT2D eigenvalue weighted by Gasteiger charge is -2.52. The Hall–Kier alpha value is -0.530. The normalized spacial score (nSPS) is 42.0. The van der Waals surface area contributed by atoms with Crippen LogP contribution in [0.4, 0.5) is 0 Å². The van der Waals surface area contributed by atoms with Crippen molar-refractivity contribution in [2.24, 2.45) is 10.8 Å². The van der Waals surface area contributed by atoms with Gasteiger partial charge in [-0.3, -0.25) is 4.79 Å². The van der Waals surface area contributed by atoms with Crippen LogP contribution >= 0.6 is 0 Å². The van der Waals surface area contributed by atoms with Crippen molar-refractivity contribution in [2.75, 3.05) is 0 Å². The molecule has 0 aromatic heterocycles. The van der Waals surface area contributed by atoms with E-state index in [9.17, 15) is 4.79 Å². The lowest BCUT2D eigenvalue weighted by Crippen LogP contribution is -2.62. The Bertz CT molecular complexity index is 299. The highest BCUT2D eigenvalue weighted by Gasteiger charge is 2.84. The summed E-state index contributed by atoms with van der Waals surface area (Å²) in [7, 11) is 0. The fourth-order valence-electron chi connectivity index (χ4n) is 3.89. The monoisotopic (exact) mass is 194 g/mol. The van der Waals surface area contributed by atoms with Crippen LogP contribution in [0.25, 0.3) is 0 Å². The molecule has 3 fully saturated rings. The van der Waals surface area contributed by atoms with Crippen molar-refractivity contribution in [3.63, 3.8) is 0 Å². The molecule has 1 unspecified atom stereocenters. The number of ether oxygens (including phenoxy) is 1.